The lowest BCUT2D eigenvalue weighted by molar-refractivity contribution is -0.136. The summed E-state index contributed by atoms with van der Waals surface area (Å²) in [6, 6.07) is 0. The first-order chi connectivity index (χ1) is 7.26. The molecule has 0 amide bonds. The van der Waals surface area contributed by atoms with E-state index in [9.17, 15) is 4.79 Å². The summed E-state index contributed by atoms with van der Waals surface area (Å²) in [5.74, 6) is 4.61. The molecule has 0 spiro atoms. The van der Waals surface area contributed by atoms with Crippen molar-refractivity contribution in [3.05, 3.63) is 23.8 Å². The minimum absolute atomic E-state index is 0.323. The molecule has 1 aromatic heterocycles. The standard InChI is InChI=1S/C11H12N2O2/c1-3-9-7-12-10(13-8-9)5-6-11(14)15-4-2/h7-8H,3-4H2,1-2H3. The van der Waals surface area contributed by atoms with Crippen LogP contribution in [0.4, 0.5) is 0 Å². The molecule has 0 N–H and O–H groups in total. The molecule has 0 fully saturated rings. The van der Waals surface area contributed by atoms with Crippen molar-refractivity contribution in [3.63, 3.8) is 0 Å². The molecule has 0 atom stereocenters. The molecule has 78 valence electrons. The highest BCUT2D eigenvalue weighted by atomic mass is 16.5. The van der Waals surface area contributed by atoms with Crippen LogP contribution in [0.3, 0.4) is 0 Å². The number of rotatable bonds is 2. The third kappa shape index (κ3) is 3.77. The quantitative estimate of drug-likeness (QED) is 0.531. The Balaban J connectivity index is 2.68. The number of esters is 1. The summed E-state index contributed by atoms with van der Waals surface area (Å²) in [6.45, 7) is 4.07. The minimum atomic E-state index is -0.555. The van der Waals surface area contributed by atoms with Crippen LogP contribution in [-0.2, 0) is 16.0 Å². The molecule has 4 heteroatoms. The molecular weight excluding hydrogens is 192 g/mol. The molecule has 0 aliphatic rings. The molecule has 0 saturated carbocycles. The smallest absolute Gasteiger partial charge is 0.384 e. The molecular formula is C11H12N2O2. The van der Waals surface area contributed by atoms with Gasteiger partial charge in [0.05, 0.1) is 6.61 Å². The molecule has 1 heterocycles. The van der Waals surface area contributed by atoms with Gasteiger partial charge in [-0.05, 0) is 24.8 Å². The summed E-state index contributed by atoms with van der Waals surface area (Å²) in [7, 11) is 0. The number of hydrogen-bond donors (Lipinski definition) is 0. The van der Waals surface area contributed by atoms with Crippen LogP contribution in [0.15, 0.2) is 12.4 Å². The second-order valence-corrected chi connectivity index (χ2v) is 2.74. The number of hydrogen-bond acceptors (Lipinski definition) is 4. The van der Waals surface area contributed by atoms with Gasteiger partial charge in [0, 0.05) is 18.3 Å². The summed E-state index contributed by atoms with van der Waals surface area (Å²) >= 11 is 0. The van der Waals surface area contributed by atoms with Crippen molar-refractivity contribution in [3.8, 4) is 11.8 Å². The lowest BCUT2D eigenvalue weighted by Crippen LogP contribution is -2.00. The van der Waals surface area contributed by atoms with Crippen molar-refractivity contribution in [2.75, 3.05) is 6.61 Å². The summed E-state index contributed by atoms with van der Waals surface area (Å²) in [4.78, 5) is 18.9. The zero-order valence-corrected chi connectivity index (χ0v) is 8.78. The van der Waals surface area contributed by atoms with Gasteiger partial charge in [0.15, 0.2) is 0 Å². The molecule has 0 radical (unpaired) electrons. The van der Waals surface area contributed by atoms with E-state index in [1.54, 1.807) is 19.3 Å². The number of aromatic nitrogens is 2. The fourth-order valence-corrected chi connectivity index (χ4v) is 0.876. The maximum atomic E-state index is 10.9. The third-order valence-electron chi connectivity index (χ3n) is 1.67. The zero-order chi connectivity index (χ0) is 11.1. The predicted molar refractivity (Wildman–Crippen MR) is 54.9 cm³/mol. The lowest BCUT2D eigenvalue weighted by Gasteiger charge is -1.93. The number of carbonyl (C=O) groups excluding carboxylic acids is 1. The fourth-order valence-electron chi connectivity index (χ4n) is 0.876. The summed E-state index contributed by atoms with van der Waals surface area (Å²) in [6.07, 6.45) is 4.27. The van der Waals surface area contributed by atoms with E-state index in [1.165, 1.54) is 0 Å². The maximum absolute atomic E-state index is 10.9. The van der Waals surface area contributed by atoms with Gasteiger partial charge >= 0.3 is 5.97 Å². The van der Waals surface area contributed by atoms with Crippen LogP contribution >= 0.6 is 0 Å². The molecule has 1 rings (SSSR count). The first-order valence-corrected chi connectivity index (χ1v) is 4.76. The number of aryl methyl sites for hydroxylation is 1. The van der Waals surface area contributed by atoms with E-state index in [0.29, 0.717) is 12.4 Å². The van der Waals surface area contributed by atoms with Gasteiger partial charge in [0.1, 0.15) is 0 Å². The largest absolute Gasteiger partial charge is 0.456 e. The van der Waals surface area contributed by atoms with Crippen molar-refractivity contribution >= 4 is 5.97 Å². The Bertz CT molecular complexity index is 387. The normalized spacial score (nSPS) is 8.93. The molecule has 15 heavy (non-hydrogen) atoms. The van der Waals surface area contributed by atoms with Crippen molar-refractivity contribution < 1.29 is 9.53 Å². The molecule has 0 aliphatic heterocycles. The van der Waals surface area contributed by atoms with Gasteiger partial charge in [0.2, 0.25) is 5.82 Å². The topological polar surface area (TPSA) is 52.1 Å². The van der Waals surface area contributed by atoms with Crippen LogP contribution in [0.25, 0.3) is 0 Å². The number of carbonyl (C=O) groups is 1. The Hall–Kier alpha value is -1.89. The highest BCUT2D eigenvalue weighted by Crippen LogP contribution is 1.95. The number of nitrogens with zero attached hydrogens (tertiary/aromatic N) is 2. The van der Waals surface area contributed by atoms with Gasteiger partial charge in [-0.2, -0.15) is 0 Å². The van der Waals surface area contributed by atoms with Crippen molar-refractivity contribution in [2.24, 2.45) is 0 Å². The molecule has 1 aromatic rings. The minimum Gasteiger partial charge on any atom is -0.456 e. The van der Waals surface area contributed by atoms with Gasteiger partial charge in [-0.15, -0.1) is 0 Å². The second-order valence-electron chi connectivity index (χ2n) is 2.74. The highest BCUT2D eigenvalue weighted by molar-refractivity contribution is 5.88. The van der Waals surface area contributed by atoms with Crippen LogP contribution in [0.1, 0.15) is 25.2 Å². The molecule has 4 nitrogen and oxygen atoms in total. The van der Waals surface area contributed by atoms with E-state index in [2.05, 4.69) is 26.5 Å². The van der Waals surface area contributed by atoms with Gasteiger partial charge < -0.3 is 4.74 Å². The van der Waals surface area contributed by atoms with Crippen molar-refractivity contribution in [2.45, 2.75) is 20.3 Å². The first kappa shape index (κ1) is 11.2. The third-order valence-corrected chi connectivity index (χ3v) is 1.67. The van der Waals surface area contributed by atoms with Crippen LogP contribution < -0.4 is 0 Å². The van der Waals surface area contributed by atoms with Crippen LogP contribution in [0.2, 0.25) is 0 Å². The van der Waals surface area contributed by atoms with Crippen LogP contribution in [0.5, 0.6) is 0 Å². The average Bonchev–Trinajstić information content (AvgIpc) is 2.27. The van der Waals surface area contributed by atoms with E-state index < -0.39 is 5.97 Å². The molecule has 0 saturated heterocycles. The van der Waals surface area contributed by atoms with Gasteiger partial charge in [-0.3, -0.25) is 0 Å². The maximum Gasteiger partial charge on any atom is 0.384 e. The average molecular weight is 204 g/mol. The SMILES string of the molecule is CCOC(=O)C#Cc1ncc(CC)cn1. The van der Waals surface area contributed by atoms with Gasteiger partial charge in [-0.25, -0.2) is 14.8 Å². The van der Waals surface area contributed by atoms with E-state index >= 15 is 0 Å². The van der Waals surface area contributed by atoms with Gasteiger partial charge in [0.25, 0.3) is 0 Å². The zero-order valence-electron chi connectivity index (χ0n) is 8.78. The predicted octanol–water partition coefficient (Wildman–Crippen LogP) is 0.954. The molecule has 0 bridgehead atoms. The fraction of sp³-hybridized carbons (Fsp3) is 0.364. The number of ether oxygens (including phenoxy) is 1. The molecule has 0 aromatic carbocycles. The lowest BCUT2D eigenvalue weighted by atomic mass is 10.3. The van der Waals surface area contributed by atoms with Gasteiger partial charge in [-0.1, -0.05) is 6.92 Å². The summed E-state index contributed by atoms with van der Waals surface area (Å²) in [5.41, 5.74) is 1.04. The van der Waals surface area contributed by atoms with Crippen LogP contribution in [-0.4, -0.2) is 22.5 Å². The monoisotopic (exact) mass is 204 g/mol. The molecule has 0 aliphatic carbocycles. The summed E-state index contributed by atoms with van der Waals surface area (Å²) in [5, 5.41) is 0. The van der Waals surface area contributed by atoms with Crippen LogP contribution in [0, 0.1) is 11.8 Å². The summed E-state index contributed by atoms with van der Waals surface area (Å²) < 4.78 is 4.64. The Morgan fingerprint density at radius 3 is 2.60 bits per heavy atom. The van der Waals surface area contributed by atoms with E-state index in [1.807, 2.05) is 6.92 Å². The Labute approximate surface area is 88.7 Å². The van der Waals surface area contributed by atoms with Crippen molar-refractivity contribution in [1.29, 1.82) is 0 Å². The van der Waals surface area contributed by atoms with E-state index in [4.69, 9.17) is 0 Å². The Kier molecular flexibility index (Phi) is 4.30. The van der Waals surface area contributed by atoms with E-state index in [-0.39, 0.29) is 0 Å². The Morgan fingerprint density at radius 1 is 1.40 bits per heavy atom. The van der Waals surface area contributed by atoms with Crippen molar-refractivity contribution in [1.82, 2.24) is 9.97 Å². The Morgan fingerprint density at radius 2 is 2.07 bits per heavy atom. The first-order valence-electron chi connectivity index (χ1n) is 4.76. The second kappa shape index (κ2) is 5.76. The van der Waals surface area contributed by atoms with E-state index in [0.717, 1.165) is 12.0 Å². The highest BCUT2D eigenvalue weighted by Gasteiger charge is 1.95. The molecule has 0 unspecified atom stereocenters.